The first-order valence-corrected chi connectivity index (χ1v) is 13.0. The highest BCUT2D eigenvalue weighted by molar-refractivity contribution is 6.06. The number of fused-ring (bicyclic) bond motifs is 1. The van der Waals surface area contributed by atoms with Crippen LogP contribution in [0.25, 0.3) is 11.0 Å². The Morgan fingerprint density at radius 1 is 1.03 bits per heavy atom. The summed E-state index contributed by atoms with van der Waals surface area (Å²) in [6.07, 6.45) is 4.51. The molecule has 6 nitrogen and oxygen atoms in total. The lowest BCUT2D eigenvalue weighted by Crippen LogP contribution is -2.32. The van der Waals surface area contributed by atoms with E-state index >= 15 is 0 Å². The molecule has 1 fully saturated rings. The summed E-state index contributed by atoms with van der Waals surface area (Å²) in [5.74, 6) is -0.0569. The lowest BCUT2D eigenvalue weighted by Gasteiger charge is -2.30. The van der Waals surface area contributed by atoms with Crippen molar-refractivity contribution in [3.63, 3.8) is 0 Å². The van der Waals surface area contributed by atoms with Gasteiger partial charge in [0.25, 0.3) is 11.8 Å². The van der Waals surface area contributed by atoms with Crippen LogP contribution in [0.1, 0.15) is 71.0 Å². The monoisotopic (exact) mass is 514 g/mol. The molecule has 5 rings (SSSR count). The first-order chi connectivity index (χ1) is 18.4. The lowest BCUT2D eigenvalue weighted by atomic mass is 9.93. The Labute approximate surface area is 221 Å². The average Bonchev–Trinajstić information content (AvgIpc) is 3.33. The van der Waals surface area contributed by atoms with Gasteiger partial charge in [0.05, 0.1) is 17.7 Å². The number of halogens is 1. The fraction of sp³-hybridized carbons (Fsp3) is 0.290. The van der Waals surface area contributed by atoms with Gasteiger partial charge < -0.3 is 19.8 Å². The normalized spacial score (nSPS) is 14.2. The van der Waals surface area contributed by atoms with Crippen LogP contribution < -0.4 is 15.4 Å². The quantitative estimate of drug-likeness (QED) is 0.271. The zero-order valence-electron chi connectivity index (χ0n) is 21.5. The van der Waals surface area contributed by atoms with Crippen LogP contribution in [0.5, 0.6) is 5.75 Å². The van der Waals surface area contributed by atoms with E-state index in [0.717, 1.165) is 19.3 Å². The maximum Gasteiger partial charge on any atom is 0.255 e. The second-order valence-corrected chi connectivity index (χ2v) is 10.1. The molecule has 1 saturated carbocycles. The number of furan rings is 1. The SMILES string of the molecule is CC(C)CNC(=O)c1ccc(OC2CCC2)c(C(NC(=O)c2coc3ccccc23)c2ccc(F)cc2)c1. The van der Waals surface area contributed by atoms with Crippen molar-refractivity contribution in [2.45, 2.75) is 45.3 Å². The van der Waals surface area contributed by atoms with Crippen LogP contribution >= 0.6 is 0 Å². The minimum Gasteiger partial charge on any atom is -0.490 e. The maximum atomic E-state index is 13.9. The summed E-state index contributed by atoms with van der Waals surface area (Å²) in [6, 6.07) is 17.9. The smallest absolute Gasteiger partial charge is 0.255 e. The van der Waals surface area contributed by atoms with Gasteiger partial charge in [-0.05, 0) is 67.1 Å². The number of ether oxygens (including phenoxy) is 1. The second-order valence-electron chi connectivity index (χ2n) is 10.1. The van der Waals surface area contributed by atoms with Crippen LogP contribution in [0.2, 0.25) is 0 Å². The first kappa shape index (κ1) is 25.5. The molecule has 2 N–H and O–H groups in total. The minimum atomic E-state index is -0.704. The largest absolute Gasteiger partial charge is 0.490 e. The predicted molar refractivity (Wildman–Crippen MR) is 144 cm³/mol. The molecule has 0 spiro atoms. The van der Waals surface area contributed by atoms with Crippen LogP contribution in [0, 0.1) is 11.7 Å². The van der Waals surface area contributed by atoms with Gasteiger partial charge in [-0.15, -0.1) is 0 Å². The van der Waals surface area contributed by atoms with Gasteiger partial charge in [0.1, 0.15) is 23.4 Å². The van der Waals surface area contributed by atoms with Gasteiger partial charge in [-0.25, -0.2) is 4.39 Å². The lowest BCUT2D eigenvalue weighted by molar-refractivity contribution is 0.0938. The van der Waals surface area contributed by atoms with Gasteiger partial charge >= 0.3 is 0 Å². The number of carbonyl (C=O) groups excluding carboxylic acids is 2. The molecule has 1 atom stereocenters. The minimum absolute atomic E-state index is 0.0803. The van der Waals surface area contributed by atoms with E-state index in [0.29, 0.717) is 51.4 Å². The predicted octanol–water partition coefficient (Wildman–Crippen LogP) is 6.41. The van der Waals surface area contributed by atoms with Crippen molar-refractivity contribution < 1.29 is 23.1 Å². The van der Waals surface area contributed by atoms with E-state index in [1.807, 2.05) is 32.0 Å². The fourth-order valence-corrected chi connectivity index (χ4v) is 4.45. The maximum absolute atomic E-state index is 13.9. The molecule has 0 saturated heterocycles. The van der Waals surface area contributed by atoms with Gasteiger partial charge in [-0.2, -0.15) is 0 Å². The molecule has 3 aromatic carbocycles. The molecule has 196 valence electrons. The Morgan fingerprint density at radius 2 is 1.79 bits per heavy atom. The van der Waals surface area contributed by atoms with E-state index in [4.69, 9.17) is 9.15 Å². The van der Waals surface area contributed by atoms with Gasteiger partial charge in [0.15, 0.2) is 0 Å². The number of hydrogen-bond acceptors (Lipinski definition) is 4. The molecule has 7 heteroatoms. The fourth-order valence-electron chi connectivity index (χ4n) is 4.45. The zero-order valence-corrected chi connectivity index (χ0v) is 21.5. The number of amides is 2. The Morgan fingerprint density at radius 3 is 2.50 bits per heavy atom. The van der Waals surface area contributed by atoms with Crippen molar-refractivity contribution >= 4 is 22.8 Å². The van der Waals surface area contributed by atoms with Crippen molar-refractivity contribution in [3.8, 4) is 5.75 Å². The van der Waals surface area contributed by atoms with Crippen molar-refractivity contribution in [2.75, 3.05) is 6.54 Å². The van der Waals surface area contributed by atoms with Gasteiger partial charge in [-0.3, -0.25) is 9.59 Å². The summed E-state index contributed by atoms with van der Waals surface area (Å²) in [5, 5.41) is 6.74. The Balaban J connectivity index is 1.56. The summed E-state index contributed by atoms with van der Waals surface area (Å²) in [5.41, 5.74) is 2.73. The van der Waals surface area contributed by atoms with Gasteiger partial charge in [0.2, 0.25) is 0 Å². The van der Waals surface area contributed by atoms with Crippen LogP contribution in [0.3, 0.4) is 0 Å². The van der Waals surface area contributed by atoms with Crippen molar-refractivity contribution in [3.05, 3.63) is 101 Å². The Kier molecular flexibility index (Phi) is 7.45. The standard InChI is InChI=1S/C31H31FN2O4/c1-19(2)17-33-30(35)21-12-15-28(38-23-6-5-7-23)25(16-21)29(20-10-13-22(32)14-11-20)34-31(36)26-18-37-27-9-4-3-8-24(26)27/h3-4,8-16,18-19,23,29H,5-7,17H2,1-2H3,(H,33,35)(H,34,36). The van der Waals surface area contributed by atoms with Crippen LogP contribution in [-0.2, 0) is 0 Å². The molecule has 0 radical (unpaired) electrons. The summed E-state index contributed by atoms with van der Waals surface area (Å²) >= 11 is 0. The summed E-state index contributed by atoms with van der Waals surface area (Å²) in [4.78, 5) is 26.5. The second kappa shape index (κ2) is 11.1. The molecule has 1 aliphatic rings. The van der Waals surface area contributed by atoms with Crippen molar-refractivity contribution in [1.82, 2.24) is 10.6 Å². The molecule has 1 unspecified atom stereocenters. The molecule has 2 amide bonds. The molecule has 1 aromatic heterocycles. The highest BCUT2D eigenvalue weighted by Crippen LogP contribution is 2.35. The van der Waals surface area contributed by atoms with Crippen molar-refractivity contribution in [2.24, 2.45) is 5.92 Å². The number of hydrogen-bond donors (Lipinski definition) is 2. The molecule has 38 heavy (non-hydrogen) atoms. The third-order valence-corrected chi connectivity index (χ3v) is 6.80. The Bertz CT molecular complexity index is 1440. The molecule has 0 bridgehead atoms. The average molecular weight is 515 g/mol. The number of benzene rings is 3. The number of para-hydroxylation sites is 1. The summed E-state index contributed by atoms with van der Waals surface area (Å²) in [6.45, 7) is 4.60. The molecular formula is C31H31FN2O4. The third kappa shape index (κ3) is 5.57. The molecule has 0 aliphatic heterocycles. The number of rotatable bonds is 9. The highest BCUT2D eigenvalue weighted by Gasteiger charge is 2.27. The molecular weight excluding hydrogens is 483 g/mol. The van der Waals surface area contributed by atoms with Crippen LogP contribution in [0.4, 0.5) is 4.39 Å². The topological polar surface area (TPSA) is 80.6 Å². The van der Waals surface area contributed by atoms with Crippen molar-refractivity contribution in [1.29, 1.82) is 0 Å². The van der Waals surface area contributed by atoms with Crippen LogP contribution in [0.15, 0.2) is 77.4 Å². The van der Waals surface area contributed by atoms with E-state index in [-0.39, 0.29) is 23.7 Å². The summed E-state index contributed by atoms with van der Waals surface area (Å²) in [7, 11) is 0. The Hall–Kier alpha value is -4.13. The van der Waals surface area contributed by atoms with E-state index in [2.05, 4.69) is 10.6 Å². The molecule has 4 aromatic rings. The third-order valence-electron chi connectivity index (χ3n) is 6.80. The first-order valence-electron chi connectivity index (χ1n) is 13.0. The zero-order chi connectivity index (χ0) is 26.6. The number of carbonyl (C=O) groups is 2. The van der Waals surface area contributed by atoms with E-state index in [1.54, 1.807) is 36.4 Å². The van der Waals surface area contributed by atoms with Gasteiger partial charge in [0, 0.05) is 23.1 Å². The van der Waals surface area contributed by atoms with E-state index in [9.17, 15) is 14.0 Å². The van der Waals surface area contributed by atoms with Crippen LogP contribution in [-0.4, -0.2) is 24.5 Å². The summed E-state index contributed by atoms with van der Waals surface area (Å²) < 4.78 is 25.8. The van der Waals surface area contributed by atoms with Gasteiger partial charge in [-0.1, -0.05) is 44.2 Å². The molecule has 1 aliphatic carbocycles. The molecule has 1 heterocycles. The van der Waals surface area contributed by atoms with E-state index < -0.39 is 6.04 Å². The highest BCUT2D eigenvalue weighted by atomic mass is 19.1. The van der Waals surface area contributed by atoms with E-state index in [1.165, 1.54) is 18.4 Å². The number of nitrogens with one attached hydrogen (secondary N) is 2.